The molecule has 1 amide bonds. The van der Waals surface area contributed by atoms with Crippen LogP contribution in [0.2, 0.25) is 0 Å². The maximum atomic E-state index is 13.3. The van der Waals surface area contributed by atoms with Crippen molar-refractivity contribution >= 4 is 11.6 Å². The summed E-state index contributed by atoms with van der Waals surface area (Å²) in [5.74, 6) is -1.69. The van der Waals surface area contributed by atoms with E-state index in [1.807, 2.05) is 0 Å². The summed E-state index contributed by atoms with van der Waals surface area (Å²) < 4.78 is 51.1. The predicted molar refractivity (Wildman–Crippen MR) is 64.5 cm³/mol. The van der Waals surface area contributed by atoms with Crippen LogP contribution in [0, 0.1) is 11.7 Å². The largest absolute Gasteiger partial charge is 0.416 e. The van der Waals surface area contributed by atoms with Crippen molar-refractivity contribution in [1.82, 2.24) is 5.01 Å². The average Bonchev–Trinajstić information content (AvgIpc) is 2.55. The lowest BCUT2D eigenvalue weighted by Gasteiger charge is -2.10. The van der Waals surface area contributed by atoms with Gasteiger partial charge in [-0.15, -0.1) is 0 Å². The molecule has 0 bridgehead atoms. The molecule has 2 rings (SSSR count). The number of hydrazone groups is 1. The van der Waals surface area contributed by atoms with Crippen molar-refractivity contribution in [2.24, 2.45) is 11.0 Å². The molecule has 0 aliphatic carbocycles. The van der Waals surface area contributed by atoms with Crippen LogP contribution in [0.5, 0.6) is 0 Å². The third-order valence-corrected chi connectivity index (χ3v) is 3.14. The van der Waals surface area contributed by atoms with E-state index in [1.54, 1.807) is 6.92 Å². The fourth-order valence-electron chi connectivity index (χ4n) is 2.07. The van der Waals surface area contributed by atoms with E-state index in [2.05, 4.69) is 5.10 Å². The van der Waals surface area contributed by atoms with Crippen LogP contribution in [-0.4, -0.2) is 23.7 Å². The summed E-state index contributed by atoms with van der Waals surface area (Å²) in [4.78, 5) is 11.6. The van der Waals surface area contributed by atoms with E-state index < -0.39 is 23.5 Å². The van der Waals surface area contributed by atoms with E-state index in [9.17, 15) is 22.4 Å². The molecule has 0 saturated carbocycles. The van der Waals surface area contributed by atoms with E-state index in [1.165, 1.54) is 7.05 Å². The smallest absolute Gasteiger partial charge is 0.272 e. The Bertz CT molecular complexity index is 580. The van der Waals surface area contributed by atoms with Crippen molar-refractivity contribution in [2.75, 3.05) is 7.05 Å². The van der Waals surface area contributed by atoms with Gasteiger partial charge in [0.2, 0.25) is 0 Å². The van der Waals surface area contributed by atoms with Gasteiger partial charge < -0.3 is 0 Å². The van der Waals surface area contributed by atoms with Crippen LogP contribution < -0.4 is 0 Å². The molecular weight excluding hydrogens is 276 g/mol. The van der Waals surface area contributed by atoms with Gasteiger partial charge in [0.05, 0.1) is 17.2 Å². The van der Waals surface area contributed by atoms with Crippen LogP contribution in [0.15, 0.2) is 23.3 Å². The minimum Gasteiger partial charge on any atom is -0.272 e. The second-order valence-electron chi connectivity index (χ2n) is 4.70. The van der Waals surface area contributed by atoms with Crippen molar-refractivity contribution in [2.45, 2.75) is 19.5 Å². The number of nitrogens with zero attached hydrogens (tertiary/aromatic N) is 2. The average molecular weight is 288 g/mol. The Morgan fingerprint density at radius 3 is 2.45 bits per heavy atom. The zero-order chi connectivity index (χ0) is 15.1. The summed E-state index contributed by atoms with van der Waals surface area (Å²) in [6.07, 6.45) is -4.59. The zero-order valence-electron chi connectivity index (χ0n) is 10.8. The maximum absolute atomic E-state index is 13.3. The molecule has 0 spiro atoms. The lowest BCUT2D eigenvalue weighted by atomic mass is 9.97. The minimum absolute atomic E-state index is 0.0120. The highest BCUT2D eigenvalue weighted by atomic mass is 19.4. The molecule has 0 aromatic heterocycles. The molecule has 0 fully saturated rings. The first-order valence-corrected chi connectivity index (χ1v) is 5.90. The zero-order valence-corrected chi connectivity index (χ0v) is 10.8. The van der Waals surface area contributed by atoms with Gasteiger partial charge in [0.1, 0.15) is 5.82 Å². The molecule has 0 N–H and O–H groups in total. The van der Waals surface area contributed by atoms with E-state index >= 15 is 0 Å². The quantitative estimate of drug-likeness (QED) is 0.770. The van der Waals surface area contributed by atoms with Crippen LogP contribution in [0.3, 0.4) is 0 Å². The second-order valence-corrected chi connectivity index (χ2v) is 4.70. The lowest BCUT2D eigenvalue weighted by molar-refractivity contribution is -0.137. The first-order valence-electron chi connectivity index (χ1n) is 5.90. The minimum atomic E-state index is -4.60. The van der Waals surface area contributed by atoms with Gasteiger partial charge in [0.25, 0.3) is 5.91 Å². The summed E-state index contributed by atoms with van der Waals surface area (Å²) in [5.41, 5.74) is -0.472. The molecule has 1 heterocycles. The van der Waals surface area contributed by atoms with Crippen molar-refractivity contribution in [3.8, 4) is 0 Å². The van der Waals surface area contributed by atoms with Gasteiger partial charge in [-0.05, 0) is 30.7 Å². The Morgan fingerprint density at radius 2 is 1.95 bits per heavy atom. The molecule has 1 aliphatic rings. The summed E-state index contributed by atoms with van der Waals surface area (Å²) >= 11 is 0. The summed E-state index contributed by atoms with van der Waals surface area (Å²) in [5, 5.41) is 5.11. The van der Waals surface area contributed by atoms with Crippen molar-refractivity contribution in [1.29, 1.82) is 0 Å². The van der Waals surface area contributed by atoms with Gasteiger partial charge in [-0.25, -0.2) is 9.40 Å². The van der Waals surface area contributed by atoms with Crippen LogP contribution in [0.4, 0.5) is 17.6 Å². The molecule has 1 aliphatic heterocycles. The molecular formula is C13H12F4N2O. The van der Waals surface area contributed by atoms with Crippen molar-refractivity contribution < 1.29 is 22.4 Å². The third kappa shape index (κ3) is 2.81. The number of halogens is 4. The fraction of sp³-hybridized carbons (Fsp3) is 0.385. The highest BCUT2D eigenvalue weighted by molar-refractivity contribution is 6.08. The predicted octanol–water partition coefficient (Wildman–Crippen LogP) is 2.85. The summed E-state index contributed by atoms with van der Waals surface area (Å²) in [7, 11) is 1.47. The third-order valence-electron chi connectivity index (χ3n) is 3.14. The van der Waals surface area contributed by atoms with E-state index in [-0.39, 0.29) is 17.9 Å². The number of hydrogen-bond donors (Lipinski definition) is 0. The second kappa shape index (κ2) is 4.88. The normalized spacial score (nSPS) is 19.5. The number of carbonyl (C=O) groups excluding carboxylic acids is 1. The first kappa shape index (κ1) is 14.5. The van der Waals surface area contributed by atoms with Gasteiger partial charge in [0.15, 0.2) is 0 Å². The molecule has 7 heteroatoms. The standard InChI is InChI=1S/C13H12F4N2O/c1-7-11(18-19(2)12(7)20)5-8-3-9(13(15,16)17)6-10(14)4-8/h3-4,6-7H,5H2,1-2H3. The Balaban J connectivity index is 2.29. The van der Waals surface area contributed by atoms with Crippen LogP contribution >= 0.6 is 0 Å². The van der Waals surface area contributed by atoms with Crippen LogP contribution in [0.25, 0.3) is 0 Å². The van der Waals surface area contributed by atoms with Gasteiger partial charge >= 0.3 is 6.18 Å². The highest BCUT2D eigenvalue weighted by Gasteiger charge is 2.33. The number of amides is 1. The Morgan fingerprint density at radius 1 is 1.30 bits per heavy atom. The molecule has 0 saturated heterocycles. The molecule has 1 unspecified atom stereocenters. The lowest BCUT2D eigenvalue weighted by Crippen LogP contribution is -2.22. The Hall–Kier alpha value is -1.92. The van der Waals surface area contributed by atoms with Gasteiger partial charge in [-0.1, -0.05) is 0 Å². The number of carbonyl (C=O) groups is 1. The SMILES string of the molecule is CC1C(=O)N(C)N=C1Cc1cc(F)cc(C(F)(F)F)c1. The van der Waals surface area contributed by atoms with Gasteiger partial charge in [-0.3, -0.25) is 4.79 Å². The fourth-order valence-corrected chi connectivity index (χ4v) is 2.07. The molecule has 0 radical (unpaired) electrons. The monoisotopic (exact) mass is 288 g/mol. The summed E-state index contributed by atoms with van der Waals surface area (Å²) in [6.45, 7) is 1.62. The molecule has 1 atom stereocenters. The van der Waals surface area contributed by atoms with Gasteiger partial charge in [0, 0.05) is 13.5 Å². The number of rotatable bonds is 2. The maximum Gasteiger partial charge on any atom is 0.416 e. The molecule has 1 aromatic rings. The van der Waals surface area contributed by atoms with Crippen molar-refractivity contribution in [3.05, 3.63) is 35.1 Å². The number of hydrogen-bond acceptors (Lipinski definition) is 2. The first-order chi connectivity index (χ1) is 9.18. The van der Waals surface area contributed by atoms with E-state index in [4.69, 9.17) is 0 Å². The topological polar surface area (TPSA) is 32.7 Å². The van der Waals surface area contributed by atoms with Gasteiger partial charge in [-0.2, -0.15) is 18.3 Å². The van der Waals surface area contributed by atoms with E-state index in [0.29, 0.717) is 11.8 Å². The molecule has 1 aromatic carbocycles. The molecule has 3 nitrogen and oxygen atoms in total. The summed E-state index contributed by atoms with van der Waals surface area (Å²) in [6, 6.07) is 2.34. The van der Waals surface area contributed by atoms with Crippen LogP contribution in [-0.2, 0) is 17.4 Å². The van der Waals surface area contributed by atoms with Crippen molar-refractivity contribution in [3.63, 3.8) is 0 Å². The van der Waals surface area contributed by atoms with E-state index in [0.717, 1.165) is 17.1 Å². The Labute approximate surface area is 112 Å². The Kier molecular flexibility index (Phi) is 3.54. The van der Waals surface area contributed by atoms with Crippen LogP contribution in [0.1, 0.15) is 18.1 Å². The highest BCUT2D eigenvalue weighted by Crippen LogP contribution is 2.31. The molecule has 20 heavy (non-hydrogen) atoms. The molecule has 108 valence electrons. The number of alkyl halides is 3. The number of benzene rings is 1.